The van der Waals surface area contributed by atoms with Crippen molar-refractivity contribution in [2.75, 3.05) is 6.61 Å². The minimum absolute atomic E-state index is 0.109. The smallest absolute Gasteiger partial charge is 0.170 e. The van der Waals surface area contributed by atoms with Crippen LogP contribution in [0.3, 0.4) is 0 Å². The minimum Gasteiger partial charge on any atom is -0.494 e. The Morgan fingerprint density at radius 3 is 2.95 bits per heavy atom. The zero-order valence-corrected chi connectivity index (χ0v) is 11.6. The Morgan fingerprint density at radius 2 is 2.14 bits per heavy atom. The maximum atomic E-state index is 13.2. The molecule has 1 heterocycles. The Morgan fingerprint density at radius 1 is 1.29 bits per heavy atom. The van der Waals surface area contributed by atoms with E-state index in [4.69, 9.17) is 9.47 Å². The lowest BCUT2D eigenvalue weighted by Gasteiger charge is -2.25. The van der Waals surface area contributed by atoms with Gasteiger partial charge in [0.15, 0.2) is 5.78 Å². The average molecular weight is 286 g/mol. The zero-order valence-electron chi connectivity index (χ0n) is 11.6. The van der Waals surface area contributed by atoms with Gasteiger partial charge in [-0.1, -0.05) is 12.1 Å². The Hall–Kier alpha value is -2.36. The van der Waals surface area contributed by atoms with E-state index >= 15 is 0 Å². The normalized spacial score (nSPS) is 17.0. The van der Waals surface area contributed by atoms with Crippen LogP contribution >= 0.6 is 0 Å². The lowest BCUT2D eigenvalue weighted by molar-refractivity contribution is 0.0848. The van der Waals surface area contributed by atoms with Crippen LogP contribution in [0, 0.1) is 5.82 Å². The molecule has 3 nitrogen and oxygen atoms in total. The van der Waals surface area contributed by atoms with E-state index in [0.29, 0.717) is 17.9 Å². The Balaban J connectivity index is 1.90. The molecule has 2 aromatic rings. The maximum Gasteiger partial charge on any atom is 0.170 e. The Kier molecular flexibility index (Phi) is 3.60. The van der Waals surface area contributed by atoms with E-state index in [9.17, 15) is 9.18 Å². The number of carbonyl (C=O) groups is 1. The molecule has 1 atom stereocenters. The number of ether oxygens (including phenoxy) is 2. The van der Waals surface area contributed by atoms with E-state index in [2.05, 4.69) is 0 Å². The molecule has 0 bridgehead atoms. The van der Waals surface area contributed by atoms with Gasteiger partial charge in [-0.25, -0.2) is 4.39 Å². The van der Waals surface area contributed by atoms with Crippen LogP contribution in [0.4, 0.5) is 4.39 Å². The van der Waals surface area contributed by atoms with Gasteiger partial charge in [0.25, 0.3) is 0 Å². The summed E-state index contributed by atoms with van der Waals surface area (Å²) in [5, 5.41) is 0. The first kappa shape index (κ1) is 13.6. The monoisotopic (exact) mass is 286 g/mol. The molecule has 0 saturated heterocycles. The van der Waals surface area contributed by atoms with Crippen molar-refractivity contribution in [2.45, 2.75) is 19.4 Å². The molecular weight excluding hydrogens is 271 g/mol. The highest BCUT2D eigenvalue weighted by Gasteiger charge is 2.28. The first-order chi connectivity index (χ1) is 10.2. The number of halogens is 1. The van der Waals surface area contributed by atoms with Gasteiger partial charge in [0.05, 0.1) is 18.6 Å². The molecule has 1 aliphatic heterocycles. The van der Waals surface area contributed by atoms with Crippen LogP contribution in [0.2, 0.25) is 0 Å². The van der Waals surface area contributed by atoms with Crippen molar-refractivity contribution in [3.05, 3.63) is 59.4 Å². The number of ketones is 1. The van der Waals surface area contributed by atoms with Crippen LogP contribution in [0.25, 0.3) is 0 Å². The standard InChI is InChI=1S/C17H15FO3/c1-2-20-13-5-3-4-11(8-13)17-10-15(19)14-9-12(18)6-7-16(14)21-17/h3-9,17H,2,10H2,1H3. The lowest BCUT2D eigenvalue weighted by atomic mass is 9.96. The molecule has 0 N–H and O–H groups in total. The van der Waals surface area contributed by atoms with E-state index in [1.54, 1.807) is 0 Å². The fourth-order valence-electron chi connectivity index (χ4n) is 2.45. The van der Waals surface area contributed by atoms with Crippen molar-refractivity contribution in [2.24, 2.45) is 0 Å². The quantitative estimate of drug-likeness (QED) is 0.857. The molecule has 0 aliphatic carbocycles. The molecule has 108 valence electrons. The van der Waals surface area contributed by atoms with E-state index < -0.39 is 5.82 Å². The summed E-state index contributed by atoms with van der Waals surface area (Å²) in [5.74, 6) is 0.639. The van der Waals surface area contributed by atoms with E-state index in [-0.39, 0.29) is 18.3 Å². The van der Waals surface area contributed by atoms with E-state index in [0.717, 1.165) is 11.3 Å². The van der Waals surface area contributed by atoms with Crippen LogP contribution in [-0.2, 0) is 0 Å². The number of carbonyl (C=O) groups excluding carboxylic acids is 1. The lowest BCUT2D eigenvalue weighted by Crippen LogP contribution is -2.20. The van der Waals surface area contributed by atoms with Crippen LogP contribution < -0.4 is 9.47 Å². The highest BCUT2D eigenvalue weighted by Crippen LogP contribution is 2.35. The van der Waals surface area contributed by atoms with Crippen molar-refractivity contribution < 1.29 is 18.7 Å². The van der Waals surface area contributed by atoms with Gasteiger partial charge in [-0.05, 0) is 42.8 Å². The predicted molar refractivity (Wildman–Crippen MR) is 76.3 cm³/mol. The van der Waals surface area contributed by atoms with Crippen molar-refractivity contribution in [1.82, 2.24) is 0 Å². The van der Waals surface area contributed by atoms with Gasteiger partial charge in [-0.2, -0.15) is 0 Å². The van der Waals surface area contributed by atoms with Gasteiger partial charge in [0, 0.05) is 0 Å². The molecule has 0 saturated carbocycles. The molecule has 21 heavy (non-hydrogen) atoms. The molecule has 4 heteroatoms. The highest BCUT2D eigenvalue weighted by atomic mass is 19.1. The first-order valence-electron chi connectivity index (χ1n) is 6.89. The van der Waals surface area contributed by atoms with Crippen molar-refractivity contribution >= 4 is 5.78 Å². The summed E-state index contributed by atoms with van der Waals surface area (Å²) < 4.78 is 24.5. The van der Waals surface area contributed by atoms with Gasteiger partial charge in [-0.15, -0.1) is 0 Å². The summed E-state index contributed by atoms with van der Waals surface area (Å²) in [5.41, 5.74) is 1.19. The number of Topliss-reactive ketones (excluding diaryl/α,β-unsaturated/α-hetero) is 1. The van der Waals surface area contributed by atoms with Gasteiger partial charge >= 0.3 is 0 Å². The zero-order chi connectivity index (χ0) is 14.8. The van der Waals surface area contributed by atoms with Gasteiger partial charge in [0.1, 0.15) is 23.4 Å². The molecule has 1 unspecified atom stereocenters. The largest absolute Gasteiger partial charge is 0.494 e. The third-order valence-electron chi connectivity index (χ3n) is 3.42. The van der Waals surface area contributed by atoms with E-state index in [1.807, 2.05) is 31.2 Å². The fourth-order valence-corrected chi connectivity index (χ4v) is 2.45. The second-order valence-corrected chi connectivity index (χ2v) is 4.88. The molecule has 0 radical (unpaired) electrons. The van der Waals surface area contributed by atoms with Crippen LogP contribution in [0.5, 0.6) is 11.5 Å². The number of rotatable bonds is 3. The summed E-state index contributed by atoms with van der Waals surface area (Å²) in [6.07, 6.45) is -0.165. The Bertz CT molecular complexity index is 681. The first-order valence-corrected chi connectivity index (χ1v) is 6.89. The summed E-state index contributed by atoms with van der Waals surface area (Å²) in [7, 11) is 0. The number of fused-ring (bicyclic) bond motifs is 1. The van der Waals surface area contributed by atoms with E-state index in [1.165, 1.54) is 18.2 Å². The summed E-state index contributed by atoms with van der Waals surface area (Å²) >= 11 is 0. The SMILES string of the molecule is CCOc1cccc(C2CC(=O)c3cc(F)ccc3O2)c1. The van der Waals surface area contributed by atoms with Crippen LogP contribution in [0.15, 0.2) is 42.5 Å². The van der Waals surface area contributed by atoms with Gasteiger partial charge in [-0.3, -0.25) is 4.79 Å². The molecule has 0 spiro atoms. The van der Waals surface area contributed by atoms with Crippen molar-refractivity contribution in [1.29, 1.82) is 0 Å². The molecule has 3 rings (SSSR count). The second-order valence-electron chi connectivity index (χ2n) is 4.88. The molecule has 0 fully saturated rings. The number of benzene rings is 2. The molecule has 2 aromatic carbocycles. The fraction of sp³-hybridized carbons (Fsp3) is 0.235. The summed E-state index contributed by atoms with van der Waals surface area (Å²) in [6.45, 7) is 2.49. The molecular formula is C17H15FO3. The third-order valence-corrected chi connectivity index (χ3v) is 3.42. The van der Waals surface area contributed by atoms with Crippen molar-refractivity contribution in [3.63, 3.8) is 0 Å². The molecule has 1 aliphatic rings. The number of hydrogen-bond acceptors (Lipinski definition) is 3. The number of hydrogen-bond donors (Lipinski definition) is 0. The van der Waals surface area contributed by atoms with Crippen LogP contribution in [-0.4, -0.2) is 12.4 Å². The van der Waals surface area contributed by atoms with Gasteiger partial charge < -0.3 is 9.47 Å². The molecule has 0 amide bonds. The Labute approximate surface area is 122 Å². The topological polar surface area (TPSA) is 35.5 Å². The average Bonchev–Trinajstić information content (AvgIpc) is 2.48. The highest BCUT2D eigenvalue weighted by molar-refractivity contribution is 6.00. The summed E-state index contributed by atoms with van der Waals surface area (Å²) in [4.78, 5) is 12.2. The summed E-state index contributed by atoms with van der Waals surface area (Å²) in [6, 6.07) is 11.5. The molecule has 0 aromatic heterocycles. The van der Waals surface area contributed by atoms with Gasteiger partial charge in [0.2, 0.25) is 0 Å². The maximum absolute atomic E-state index is 13.2. The minimum atomic E-state index is -0.428. The van der Waals surface area contributed by atoms with Crippen molar-refractivity contribution in [3.8, 4) is 11.5 Å². The predicted octanol–water partition coefficient (Wildman–Crippen LogP) is 3.93. The third kappa shape index (κ3) is 2.75. The second kappa shape index (κ2) is 5.56. The van der Waals surface area contributed by atoms with Crippen LogP contribution in [0.1, 0.15) is 35.4 Å².